The van der Waals surface area contributed by atoms with Gasteiger partial charge in [-0.1, -0.05) is 24.3 Å². The van der Waals surface area contributed by atoms with E-state index < -0.39 is 0 Å². The smallest absolute Gasteiger partial charge is 0.199 e. The summed E-state index contributed by atoms with van der Waals surface area (Å²) >= 11 is 0. The van der Waals surface area contributed by atoms with E-state index in [1.165, 1.54) is 0 Å². The van der Waals surface area contributed by atoms with Crippen molar-refractivity contribution in [1.82, 2.24) is 0 Å². The van der Waals surface area contributed by atoms with Gasteiger partial charge in [-0.05, 0) is 37.8 Å². The molecule has 2 fully saturated rings. The van der Waals surface area contributed by atoms with Gasteiger partial charge in [0.1, 0.15) is 11.5 Å². The Morgan fingerprint density at radius 1 is 0.667 bits per heavy atom. The molecule has 2 saturated heterocycles. The van der Waals surface area contributed by atoms with Crippen LogP contribution in [0.25, 0.3) is 10.8 Å². The van der Waals surface area contributed by atoms with E-state index >= 15 is 0 Å². The van der Waals surface area contributed by atoms with E-state index in [1.807, 2.05) is 24.3 Å². The van der Waals surface area contributed by atoms with Crippen LogP contribution in [0, 0.1) is 0 Å². The number of rotatable bonds is 4. The van der Waals surface area contributed by atoms with E-state index in [1.54, 1.807) is 0 Å². The predicted octanol–water partition coefficient (Wildman–Crippen LogP) is 4.65. The molecule has 0 aromatic heterocycles. The van der Waals surface area contributed by atoms with Crippen LogP contribution < -0.4 is 9.47 Å². The van der Waals surface area contributed by atoms with E-state index in [4.69, 9.17) is 18.9 Å². The molecule has 0 aliphatic carbocycles. The van der Waals surface area contributed by atoms with Crippen molar-refractivity contribution < 1.29 is 18.9 Å². The third-order valence-corrected chi connectivity index (χ3v) is 4.63. The van der Waals surface area contributed by atoms with Gasteiger partial charge in [0.2, 0.25) is 0 Å². The zero-order valence-electron chi connectivity index (χ0n) is 13.9. The maximum Gasteiger partial charge on any atom is 0.199 e. The van der Waals surface area contributed by atoms with Crippen LogP contribution >= 0.6 is 0 Å². The molecular formula is C20H24O4. The second kappa shape index (κ2) is 7.41. The molecule has 0 N–H and O–H groups in total. The Kier molecular flexibility index (Phi) is 4.86. The quantitative estimate of drug-likeness (QED) is 0.818. The number of ether oxygens (including phenoxy) is 4. The lowest BCUT2D eigenvalue weighted by Crippen LogP contribution is -2.25. The minimum Gasteiger partial charge on any atom is -0.464 e. The summed E-state index contributed by atoms with van der Waals surface area (Å²) < 4.78 is 23.6. The summed E-state index contributed by atoms with van der Waals surface area (Å²) in [7, 11) is 0. The standard InChI is InChI=1S/C20H24O4/c1-3-13-21-19(11-1)23-17-9-5-8-16-15(17)7-6-10-18(16)24-20-12-2-4-14-22-20/h5-10,19-20H,1-4,11-14H2. The molecule has 2 atom stereocenters. The van der Waals surface area contributed by atoms with Crippen molar-refractivity contribution in [3.63, 3.8) is 0 Å². The molecular weight excluding hydrogens is 304 g/mol. The highest BCUT2D eigenvalue weighted by Crippen LogP contribution is 2.34. The van der Waals surface area contributed by atoms with Gasteiger partial charge in [-0.15, -0.1) is 0 Å². The Bertz CT molecular complexity index is 613. The maximum atomic E-state index is 6.10. The molecule has 2 heterocycles. The summed E-state index contributed by atoms with van der Waals surface area (Å²) in [6.07, 6.45) is 6.16. The molecule has 0 bridgehead atoms. The topological polar surface area (TPSA) is 36.9 Å². The van der Waals surface area contributed by atoms with Gasteiger partial charge < -0.3 is 18.9 Å². The first-order chi connectivity index (χ1) is 11.9. The molecule has 2 aliphatic heterocycles. The summed E-state index contributed by atoms with van der Waals surface area (Å²) in [6, 6.07) is 12.2. The first-order valence-electron chi connectivity index (χ1n) is 8.98. The molecule has 2 aromatic carbocycles. The van der Waals surface area contributed by atoms with Gasteiger partial charge in [0.25, 0.3) is 0 Å². The fourth-order valence-corrected chi connectivity index (χ4v) is 3.35. The lowest BCUT2D eigenvalue weighted by atomic mass is 10.1. The van der Waals surface area contributed by atoms with E-state index in [0.717, 1.165) is 74.0 Å². The number of benzene rings is 2. The van der Waals surface area contributed by atoms with Gasteiger partial charge in [-0.25, -0.2) is 0 Å². The normalized spacial score (nSPS) is 24.7. The average molecular weight is 328 g/mol. The molecule has 0 amide bonds. The monoisotopic (exact) mass is 328 g/mol. The van der Waals surface area contributed by atoms with Gasteiger partial charge >= 0.3 is 0 Å². The van der Waals surface area contributed by atoms with Crippen molar-refractivity contribution in [1.29, 1.82) is 0 Å². The summed E-state index contributed by atoms with van der Waals surface area (Å²) in [6.45, 7) is 1.56. The fraction of sp³-hybridized carbons (Fsp3) is 0.500. The van der Waals surface area contributed by atoms with E-state index in [2.05, 4.69) is 12.1 Å². The number of fused-ring (bicyclic) bond motifs is 1. The Labute approximate surface area is 142 Å². The van der Waals surface area contributed by atoms with Crippen molar-refractivity contribution in [2.75, 3.05) is 13.2 Å². The zero-order valence-corrected chi connectivity index (χ0v) is 13.9. The third kappa shape index (κ3) is 3.50. The summed E-state index contributed by atoms with van der Waals surface area (Å²) in [5.41, 5.74) is 0. The van der Waals surface area contributed by atoms with Gasteiger partial charge in [-0.3, -0.25) is 0 Å². The second-order valence-corrected chi connectivity index (χ2v) is 6.44. The van der Waals surface area contributed by atoms with Gasteiger partial charge in [0.15, 0.2) is 12.6 Å². The van der Waals surface area contributed by atoms with Crippen LogP contribution in [-0.4, -0.2) is 25.8 Å². The summed E-state index contributed by atoms with van der Waals surface area (Å²) in [4.78, 5) is 0. The molecule has 4 rings (SSSR count). The predicted molar refractivity (Wildman–Crippen MR) is 92.4 cm³/mol. The minimum atomic E-state index is -0.143. The number of hydrogen-bond acceptors (Lipinski definition) is 4. The largest absolute Gasteiger partial charge is 0.464 e. The molecule has 0 saturated carbocycles. The molecule has 24 heavy (non-hydrogen) atoms. The highest BCUT2D eigenvalue weighted by Gasteiger charge is 2.19. The van der Waals surface area contributed by atoms with Crippen molar-refractivity contribution >= 4 is 10.8 Å². The lowest BCUT2D eigenvalue weighted by molar-refractivity contribution is -0.106. The Morgan fingerprint density at radius 3 is 1.58 bits per heavy atom. The molecule has 4 heteroatoms. The zero-order chi connectivity index (χ0) is 16.2. The van der Waals surface area contributed by atoms with Crippen molar-refractivity contribution in [3.8, 4) is 11.5 Å². The maximum absolute atomic E-state index is 6.10. The van der Waals surface area contributed by atoms with E-state index in [0.29, 0.717) is 0 Å². The molecule has 4 nitrogen and oxygen atoms in total. The highest BCUT2D eigenvalue weighted by molar-refractivity contribution is 5.93. The van der Waals surface area contributed by atoms with Crippen LogP contribution in [0.5, 0.6) is 11.5 Å². The minimum absolute atomic E-state index is 0.143. The van der Waals surface area contributed by atoms with Gasteiger partial charge in [-0.2, -0.15) is 0 Å². The first kappa shape index (κ1) is 15.7. The Balaban J connectivity index is 1.58. The van der Waals surface area contributed by atoms with Crippen molar-refractivity contribution in [3.05, 3.63) is 36.4 Å². The molecule has 2 aromatic rings. The van der Waals surface area contributed by atoms with E-state index in [9.17, 15) is 0 Å². The number of hydrogen-bond donors (Lipinski definition) is 0. The van der Waals surface area contributed by atoms with Crippen LogP contribution in [0.3, 0.4) is 0 Å². The van der Waals surface area contributed by atoms with Crippen LogP contribution in [0.2, 0.25) is 0 Å². The highest BCUT2D eigenvalue weighted by atomic mass is 16.7. The Morgan fingerprint density at radius 2 is 1.17 bits per heavy atom. The fourth-order valence-electron chi connectivity index (χ4n) is 3.35. The van der Waals surface area contributed by atoms with Crippen molar-refractivity contribution in [2.45, 2.75) is 51.1 Å². The summed E-state index contributed by atoms with van der Waals surface area (Å²) in [5.74, 6) is 1.71. The Hall–Kier alpha value is -1.78. The molecule has 2 unspecified atom stereocenters. The lowest BCUT2D eigenvalue weighted by Gasteiger charge is -2.25. The van der Waals surface area contributed by atoms with Crippen LogP contribution in [-0.2, 0) is 9.47 Å². The SMILES string of the molecule is c1cc(OC2CCCCO2)c2cccc(OC3CCCCO3)c2c1. The average Bonchev–Trinajstić information content (AvgIpc) is 2.64. The molecule has 2 aliphatic rings. The van der Waals surface area contributed by atoms with Crippen LogP contribution in [0.15, 0.2) is 36.4 Å². The van der Waals surface area contributed by atoms with Gasteiger partial charge in [0, 0.05) is 23.6 Å². The van der Waals surface area contributed by atoms with E-state index in [-0.39, 0.29) is 12.6 Å². The van der Waals surface area contributed by atoms with Crippen LogP contribution in [0.1, 0.15) is 38.5 Å². The molecule has 0 spiro atoms. The molecule has 0 radical (unpaired) electrons. The third-order valence-electron chi connectivity index (χ3n) is 4.63. The van der Waals surface area contributed by atoms with Crippen LogP contribution in [0.4, 0.5) is 0 Å². The molecule has 128 valence electrons. The second-order valence-electron chi connectivity index (χ2n) is 6.44. The first-order valence-corrected chi connectivity index (χ1v) is 8.98. The van der Waals surface area contributed by atoms with Gasteiger partial charge in [0.05, 0.1) is 13.2 Å². The summed E-state index contributed by atoms with van der Waals surface area (Å²) in [5, 5.41) is 2.11. The van der Waals surface area contributed by atoms with Crippen molar-refractivity contribution in [2.24, 2.45) is 0 Å².